The van der Waals surface area contributed by atoms with Crippen molar-refractivity contribution in [1.82, 2.24) is 4.90 Å². The molecule has 0 radical (unpaired) electrons. The molecule has 1 saturated heterocycles. The highest BCUT2D eigenvalue weighted by Gasteiger charge is 2.32. The summed E-state index contributed by atoms with van der Waals surface area (Å²) in [5.74, 6) is -0.336. The molecule has 21 heavy (non-hydrogen) atoms. The van der Waals surface area contributed by atoms with Crippen molar-refractivity contribution in [3.63, 3.8) is 0 Å². The number of aliphatic hydroxyl groups excluding tert-OH is 1. The summed E-state index contributed by atoms with van der Waals surface area (Å²) in [5, 5.41) is 20.4. The van der Waals surface area contributed by atoms with Crippen LogP contribution in [-0.4, -0.2) is 46.6 Å². The molecule has 1 amide bonds. The van der Waals surface area contributed by atoms with E-state index in [1.165, 1.54) is 18.2 Å². The number of carbonyl (C=O) groups is 1. The minimum Gasteiger partial charge on any atom is -0.487 e. The third-order valence-electron chi connectivity index (χ3n) is 3.56. The lowest BCUT2D eigenvalue weighted by Gasteiger charge is -2.23. The third kappa shape index (κ3) is 2.97. The van der Waals surface area contributed by atoms with Gasteiger partial charge in [0.2, 0.25) is 5.75 Å². The Bertz CT molecular complexity index is 546. The minimum absolute atomic E-state index is 0.00131. The molecular weight excluding hydrogens is 276 g/mol. The van der Waals surface area contributed by atoms with Gasteiger partial charge in [0.05, 0.1) is 29.7 Å². The SMILES string of the molecule is CCOc1c(C(=O)N2CCCC2CO)cccc1[N+](=O)[O-]. The van der Waals surface area contributed by atoms with Crippen LogP contribution in [0.1, 0.15) is 30.1 Å². The van der Waals surface area contributed by atoms with Crippen molar-refractivity contribution in [1.29, 1.82) is 0 Å². The van der Waals surface area contributed by atoms with Crippen molar-refractivity contribution in [2.75, 3.05) is 19.8 Å². The van der Waals surface area contributed by atoms with Crippen LogP contribution in [0.3, 0.4) is 0 Å². The van der Waals surface area contributed by atoms with Gasteiger partial charge in [0, 0.05) is 12.6 Å². The van der Waals surface area contributed by atoms with Crippen LogP contribution in [-0.2, 0) is 0 Å². The molecule has 1 fully saturated rings. The van der Waals surface area contributed by atoms with Crippen LogP contribution in [0.4, 0.5) is 5.69 Å². The van der Waals surface area contributed by atoms with Crippen molar-refractivity contribution < 1.29 is 19.6 Å². The summed E-state index contributed by atoms with van der Waals surface area (Å²) in [7, 11) is 0. The maximum atomic E-state index is 12.6. The molecular formula is C14H18N2O5. The summed E-state index contributed by atoms with van der Waals surface area (Å²) in [6.07, 6.45) is 1.55. The number of ether oxygens (including phenoxy) is 1. The largest absolute Gasteiger partial charge is 0.487 e. The summed E-state index contributed by atoms with van der Waals surface area (Å²) in [5.41, 5.74) is -0.0474. The fourth-order valence-corrected chi connectivity index (χ4v) is 2.58. The molecule has 0 spiro atoms. The zero-order valence-electron chi connectivity index (χ0n) is 11.8. The number of hydrogen-bond acceptors (Lipinski definition) is 5. The normalized spacial score (nSPS) is 17.8. The number of aliphatic hydroxyl groups is 1. The average molecular weight is 294 g/mol. The molecule has 2 rings (SSSR count). The lowest BCUT2D eigenvalue weighted by Crippen LogP contribution is -2.37. The average Bonchev–Trinajstić information content (AvgIpc) is 2.95. The van der Waals surface area contributed by atoms with Gasteiger partial charge in [0.15, 0.2) is 0 Å². The Hall–Kier alpha value is -2.15. The number of amides is 1. The second-order valence-corrected chi connectivity index (χ2v) is 4.82. The smallest absolute Gasteiger partial charge is 0.311 e. The Morgan fingerprint density at radius 3 is 2.95 bits per heavy atom. The van der Waals surface area contributed by atoms with Gasteiger partial charge in [0.1, 0.15) is 0 Å². The molecule has 0 aromatic heterocycles. The van der Waals surface area contributed by atoms with Crippen molar-refractivity contribution >= 4 is 11.6 Å². The molecule has 0 saturated carbocycles. The highest BCUT2D eigenvalue weighted by atomic mass is 16.6. The monoisotopic (exact) mass is 294 g/mol. The van der Waals surface area contributed by atoms with Crippen molar-refractivity contribution in [3.05, 3.63) is 33.9 Å². The van der Waals surface area contributed by atoms with Gasteiger partial charge in [-0.1, -0.05) is 6.07 Å². The van der Waals surface area contributed by atoms with E-state index in [1.807, 2.05) is 0 Å². The Morgan fingerprint density at radius 1 is 1.57 bits per heavy atom. The van der Waals surface area contributed by atoms with Crippen LogP contribution in [0.2, 0.25) is 0 Å². The summed E-state index contributed by atoms with van der Waals surface area (Å²) in [4.78, 5) is 24.7. The first-order chi connectivity index (χ1) is 10.1. The quantitative estimate of drug-likeness (QED) is 0.657. The molecule has 7 heteroatoms. The van der Waals surface area contributed by atoms with E-state index in [1.54, 1.807) is 11.8 Å². The van der Waals surface area contributed by atoms with Gasteiger partial charge < -0.3 is 14.7 Å². The van der Waals surface area contributed by atoms with E-state index in [4.69, 9.17) is 4.74 Å². The van der Waals surface area contributed by atoms with Crippen LogP contribution in [0.5, 0.6) is 5.75 Å². The zero-order chi connectivity index (χ0) is 15.4. The fraction of sp³-hybridized carbons (Fsp3) is 0.500. The maximum absolute atomic E-state index is 12.6. The standard InChI is InChI=1S/C14H18N2O5/c1-2-21-13-11(6-3-7-12(13)16(19)20)14(18)15-8-4-5-10(15)9-17/h3,6-7,10,17H,2,4-5,8-9H2,1H3. The van der Waals surface area contributed by atoms with Gasteiger partial charge in [-0.05, 0) is 25.8 Å². The maximum Gasteiger partial charge on any atom is 0.311 e. The number of rotatable bonds is 5. The zero-order valence-corrected chi connectivity index (χ0v) is 11.8. The first-order valence-electron chi connectivity index (χ1n) is 6.92. The molecule has 1 aliphatic heterocycles. The number of carbonyl (C=O) groups excluding carboxylic acids is 1. The van der Waals surface area contributed by atoms with Gasteiger partial charge in [-0.2, -0.15) is 0 Å². The minimum atomic E-state index is -0.560. The first kappa shape index (κ1) is 15.2. The second kappa shape index (κ2) is 6.53. The lowest BCUT2D eigenvalue weighted by molar-refractivity contribution is -0.385. The number of nitro groups is 1. The summed E-state index contributed by atoms with van der Waals surface area (Å²) < 4.78 is 5.33. The van der Waals surface area contributed by atoms with E-state index in [2.05, 4.69) is 0 Å². The number of nitro benzene ring substituents is 1. The van der Waals surface area contributed by atoms with Gasteiger partial charge in [-0.25, -0.2) is 0 Å². The van der Waals surface area contributed by atoms with E-state index in [9.17, 15) is 20.0 Å². The first-order valence-corrected chi connectivity index (χ1v) is 6.92. The van der Waals surface area contributed by atoms with Crippen molar-refractivity contribution in [3.8, 4) is 5.75 Å². The van der Waals surface area contributed by atoms with Crippen molar-refractivity contribution in [2.24, 2.45) is 0 Å². The molecule has 1 heterocycles. The lowest BCUT2D eigenvalue weighted by atomic mass is 10.1. The van der Waals surface area contributed by atoms with E-state index < -0.39 is 4.92 Å². The Kier molecular flexibility index (Phi) is 4.74. The van der Waals surface area contributed by atoms with Crippen LogP contribution < -0.4 is 4.74 Å². The number of likely N-dealkylation sites (tertiary alicyclic amines) is 1. The predicted octanol–water partition coefficient (Wildman–Crippen LogP) is 1.59. The molecule has 7 nitrogen and oxygen atoms in total. The molecule has 1 unspecified atom stereocenters. The van der Waals surface area contributed by atoms with Gasteiger partial charge >= 0.3 is 5.69 Å². The molecule has 114 valence electrons. The van der Waals surface area contributed by atoms with Crippen LogP contribution in [0, 0.1) is 10.1 Å². The van der Waals surface area contributed by atoms with E-state index in [-0.39, 0.29) is 42.2 Å². The molecule has 0 bridgehead atoms. The molecule has 1 aromatic rings. The van der Waals surface area contributed by atoms with Gasteiger partial charge in [0.25, 0.3) is 5.91 Å². The number of nitrogens with zero attached hydrogens (tertiary/aromatic N) is 2. The number of hydrogen-bond donors (Lipinski definition) is 1. The molecule has 1 aliphatic rings. The Balaban J connectivity index is 2.40. The summed E-state index contributed by atoms with van der Waals surface area (Å²) in [6, 6.07) is 4.08. The predicted molar refractivity (Wildman–Crippen MR) is 75.4 cm³/mol. The Morgan fingerprint density at radius 2 is 2.33 bits per heavy atom. The van der Waals surface area contributed by atoms with Gasteiger partial charge in [-0.3, -0.25) is 14.9 Å². The molecule has 1 aromatic carbocycles. The van der Waals surface area contributed by atoms with Gasteiger partial charge in [-0.15, -0.1) is 0 Å². The summed E-state index contributed by atoms with van der Waals surface area (Å²) in [6.45, 7) is 2.37. The fourth-order valence-electron chi connectivity index (χ4n) is 2.58. The third-order valence-corrected chi connectivity index (χ3v) is 3.56. The highest BCUT2D eigenvalue weighted by Crippen LogP contribution is 2.33. The topological polar surface area (TPSA) is 92.9 Å². The second-order valence-electron chi connectivity index (χ2n) is 4.82. The summed E-state index contributed by atoms with van der Waals surface area (Å²) >= 11 is 0. The number of para-hydroxylation sites is 1. The van der Waals surface area contributed by atoms with Crippen LogP contribution in [0.25, 0.3) is 0 Å². The Labute approximate surface area is 122 Å². The molecule has 1 N–H and O–H groups in total. The van der Waals surface area contributed by atoms with E-state index in [0.717, 1.165) is 12.8 Å². The highest BCUT2D eigenvalue weighted by molar-refractivity contribution is 5.98. The van der Waals surface area contributed by atoms with Crippen molar-refractivity contribution in [2.45, 2.75) is 25.8 Å². The molecule has 1 atom stereocenters. The van der Waals surface area contributed by atoms with E-state index >= 15 is 0 Å². The molecule has 0 aliphatic carbocycles. The van der Waals surface area contributed by atoms with Crippen LogP contribution in [0.15, 0.2) is 18.2 Å². The van der Waals surface area contributed by atoms with E-state index in [0.29, 0.717) is 6.54 Å². The number of benzene rings is 1. The van der Waals surface area contributed by atoms with Crippen LogP contribution >= 0.6 is 0 Å².